The van der Waals surface area contributed by atoms with Crippen molar-refractivity contribution in [2.45, 2.75) is 0 Å². The fourth-order valence-corrected chi connectivity index (χ4v) is 0.760. The van der Waals surface area contributed by atoms with Crippen molar-refractivity contribution in [3.63, 3.8) is 0 Å². The number of aliphatic hydroxyl groups is 3. The van der Waals surface area contributed by atoms with Crippen LogP contribution in [0.1, 0.15) is 0 Å². The van der Waals surface area contributed by atoms with Crippen LogP contribution in [-0.2, 0) is 26.2 Å². The molecule has 0 saturated heterocycles. The average molecular weight is 381 g/mol. The van der Waals surface area contributed by atoms with Gasteiger partial charge in [-0.05, 0) is 0 Å². The second-order valence-electron chi connectivity index (χ2n) is 2.01. The molecule has 0 aromatic rings. The molecule has 0 saturated carbocycles. The van der Waals surface area contributed by atoms with Crippen LogP contribution in [0.4, 0.5) is 0 Å². The molecule has 0 bridgehead atoms. The molecule has 6 heteroatoms. The molecule has 0 heterocycles. The molecule has 0 rings (SSSR count). The minimum atomic E-state index is 0. The first kappa shape index (κ1) is 19.6. The third-order valence-electron chi connectivity index (χ3n) is 1.25. The van der Waals surface area contributed by atoms with Crippen molar-refractivity contribution in [2.24, 2.45) is 0 Å². The van der Waals surface area contributed by atoms with Gasteiger partial charge in [-0.3, -0.25) is 4.90 Å². The fourth-order valence-electron chi connectivity index (χ4n) is 0.760. The minimum absolute atomic E-state index is 0. The Labute approximate surface area is 126 Å². The fraction of sp³-hybridized carbons (Fsp3) is 1.00. The molecule has 0 unspecified atom stereocenters. The summed E-state index contributed by atoms with van der Waals surface area (Å²) in [7, 11) is 0. The van der Waals surface area contributed by atoms with Gasteiger partial charge in [0.05, 0.1) is 19.8 Å². The van der Waals surface area contributed by atoms with Crippen LogP contribution in [-0.4, -0.2) is 59.7 Å². The van der Waals surface area contributed by atoms with Gasteiger partial charge in [-0.25, -0.2) is 0 Å². The second-order valence-corrected chi connectivity index (χ2v) is 2.01. The topological polar surface area (TPSA) is 63.9 Å². The van der Waals surface area contributed by atoms with Crippen LogP contribution in [0, 0.1) is 41.7 Å². The smallest absolute Gasteiger partial charge is 0.0558 e. The van der Waals surface area contributed by atoms with Gasteiger partial charge in [0, 0.05) is 87.6 Å². The summed E-state index contributed by atoms with van der Waals surface area (Å²) >= 11 is 0. The van der Waals surface area contributed by atoms with Gasteiger partial charge in [0.1, 0.15) is 0 Å². The van der Waals surface area contributed by atoms with Gasteiger partial charge in [-0.15, -0.1) is 0 Å². The number of aliphatic hydroxyl groups excluding tert-OH is 3. The normalized spacial score (nSPS) is 9.00. The predicted molar refractivity (Wildman–Crippen MR) is 37.7 cm³/mol. The Balaban J connectivity index is -0.000000405. The quantitative estimate of drug-likeness (QED) is 0.512. The van der Waals surface area contributed by atoms with E-state index in [1.54, 1.807) is 4.90 Å². The van der Waals surface area contributed by atoms with Crippen LogP contribution in [0.2, 0.25) is 0 Å². The zero-order valence-corrected chi connectivity index (χ0v) is 12.6. The Hall–Kier alpha value is 2.10. The van der Waals surface area contributed by atoms with Crippen LogP contribution >= 0.6 is 0 Å². The molecule has 0 fully saturated rings. The Kier molecular flexibility index (Phi) is 25.5. The van der Waals surface area contributed by atoms with Crippen LogP contribution in [0.25, 0.3) is 0 Å². The maximum Gasteiger partial charge on any atom is 0.0558 e. The predicted octanol–water partition coefficient (Wildman–Crippen LogP) is -1.74. The maximum atomic E-state index is 8.48. The molecule has 0 aliphatic carbocycles. The molecule has 0 aliphatic heterocycles. The van der Waals surface area contributed by atoms with E-state index in [1.165, 1.54) is 0 Å². The van der Waals surface area contributed by atoms with Gasteiger partial charge in [0.25, 0.3) is 0 Å². The van der Waals surface area contributed by atoms with Crippen molar-refractivity contribution in [2.75, 3.05) is 39.5 Å². The molecule has 0 aliphatic rings. The summed E-state index contributed by atoms with van der Waals surface area (Å²) in [5, 5.41) is 25.5. The number of hydrogen-bond acceptors (Lipinski definition) is 4. The molecule has 0 aromatic heterocycles. The van der Waals surface area contributed by atoms with Crippen molar-refractivity contribution in [1.29, 1.82) is 0 Å². The molecule has 3 N–H and O–H groups in total. The Bertz CT molecular complexity index is 65.5. The van der Waals surface area contributed by atoms with Crippen LogP contribution in [0.3, 0.4) is 0 Å². The third-order valence-corrected chi connectivity index (χ3v) is 1.25. The van der Waals surface area contributed by atoms with E-state index in [2.05, 4.69) is 0 Å². The first-order chi connectivity index (χ1) is 4.85. The van der Waals surface area contributed by atoms with Crippen molar-refractivity contribution in [3.8, 4) is 0 Å². The van der Waals surface area contributed by atoms with E-state index >= 15 is 0 Å². The van der Waals surface area contributed by atoms with Crippen LogP contribution in [0.15, 0.2) is 0 Å². The van der Waals surface area contributed by atoms with E-state index in [0.29, 0.717) is 19.6 Å². The third kappa shape index (κ3) is 12.1. The SMILES string of the molecule is OCCN(CCO)CCO.[Ce].[Zr]. The van der Waals surface area contributed by atoms with Gasteiger partial charge in [-0.1, -0.05) is 0 Å². The first-order valence-electron chi connectivity index (χ1n) is 3.40. The Morgan fingerprint density at radius 1 is 0.750 bits per heavy atom. The standard InChI is InChI=1S/C6H15NO3.Ce.Zr/c8-4-1-7(2-5-9)3-6-10;;/h8-10H,1-6H2;;. The molecule has 12 heavy (non-hydrogen) atoms. The minimum Gasteiger partial charge on any atom is -0.395 e. The van der Waals surface area contributed by atoms with Crippen molar-refractivity contribution in [3.05, 3.63) is 0 Å². The van der Waals surface area contributed by atoms with Crippen LogP contribution in [0.5, 0.6) is 0 Å². The molecule has 0 atom stereocenters. The zero-order chi connectivity index (χ0) is 7.82. The summed E-state index contributed by atoms with van der Waals surface area (Å²) in [6.07, 6.45) is 0. The second kappa shape index (κ2) is 15.6. The largest absolute Gasteiger partial charge is 0.395 e. The van der Waals surface area contributed by atoms with E-state index in [1.807, 2.05) is 0 Å². The van der Waals surface area contributed by atoms with E-state index in [9.17, 15) is 0 Å². The van der Waals surface area contributed by atoms with E-state index in [0.717, 1.165) is 0 Å². The molecule has 70 valence electrons. The molecule has 0 spiro atoms. The zero-order valence-electron chi connectivity index (χ0n) is 7.03. The average Bonchev–Trinajstić information content (AvgIpc) is 1.90. The first-order valence-corrected chi connectivity index (χ1v) is 3.40. The summed E-state index contributed by atoms with van der Waals surface area (Å²) in [4.78, 5) is 1.79. The Morgan fingerprint density at radius 3 is 1.17 bits per heavy atom. The summed E-state index contributed by atoms with van der Waals surface area (Å²) in [5.41, 5.74) is 0. The number of nitrogens with zero attached hydrogens (tertiary/aromatic N) is 1. The van der Waals surface area contributed by atoms with Gasteiger partial charge < -0.3 is 15.3 Å². The summed E-state index contributed by atoms with van der Waals surface area (Å²) in [6.45, 7) is 1.75. The summed E-state index contributed by atoms with van der Waals surface area (Å²) in [5.74, 6) is 0. The maximum absolute atomic E-state index is 8.48. The van der Waals surface area contributed by atoms with Crippen LogP contribution < -0.4 is 0 Å². The summed E-state index contributed by atoms with van der Waals surface area (Å²) in [6, 6.07) is 0. The molecule has 4 nitrogen and oxygen atoms in total. The van der Waals surface area contributed by atoms with Gasteiger partial charge in [0.2, 0.25) is 0 Å². The number of hydrogen-bond donors (Lipinski definition) is 3. The van der Waals surface area contributed by atoms with E-state index < -0.39 is 0 Å². The molecule has 0 amide bonds. The van der Waals surface area contributed by atoms with E-state index in [-0.39, 0.29) is 87.8 Å². The Morgan fingerprint density at radius 2 is 1.00 bits per heavy atom. The number of rotatable bonds is 6. The molecule has 0 aromatic carbocycles. The molecular formula is C6H15CeNO3Zr. The van der Waals surface area contributed by atoms with Crippen molar-refractivity contribution in [1.82, 2.24) is 4.90 Å². The van der Waals surface area contributed by atoms with Gasteiger partial charge >= 0.3 is 0 Å². The van der Waals surface area contributed by atoms with Gasteiger partial charge in [0.15, 0.2) is 0 Å². The van der Waals surface area contributed by atoms with Gasteiger partial charge in [-0.2, -0.15) is 0 Å². The molecule has 0 radical (unpaired) electrons. The summed E-state index contributed by atoms with van der Waals surface area (Å²) < 4.78 is 0. The van der Waals surface area contributed by atoms with E-state index in [4.69, 9.17) is 15.3 Å². The molecular weight excluding hydrogens is 365 g/mol. The van der Waals surface area contributed by atoms with Crippen molar-refractivity contribution >= 4 is 0 Å². The monoisotopic (exact) mass is 379 g/mol. The van der Waals surface area contributed by atoms with Crippen molar-refractivity contribution < 1.29 is 83.3 Å².